The molecule has 0 aliphatic carbocycles. The molecule has 1 aromatic heterocycles. The zero-order valence-electron chi connectivity index (χ0n) is 27.8. The molecule has 0 fully saturated rings. The number of hydrogen-bond donors (Lipinski definition) is 2. The fourth-order valence-corrected chi connectivity index (χ4v) is 6.10. The number of hydrogen-bond acceptors (Lipinski definition) is 7. The summed E-state index contributed by atoms with van der Waals surface area (Å²) in [5.41, 5.74) is 3.81. The van der Waals surface area contributed by atoms with E-state index in [2.05, 4.69) is 22.5 Å². The molecule has 10 heteroatoms. The molecule has 0 aliphatic heterocycles. The molecular formula is C38H44N4O5S. The van der Waals surface area contributed by atoms with Gasteiger partial charge >= 0.3 is 5.97 Å². The van der Waals surface area contributed by atoms with Crippen molar-refractivity contribution in [1.29, 1.82) is 0 Å². The molecule has 9 nitrogen and oxygen atoms in total. The first-order valence-corrected chi connectivity index (χ1v) is 17.3. The molecule has 2 amide bonds. The lowest BCUT2D eigenvalue weighted by molar-refractivity contribution is -0.122. The molecule has 3 aromatic carbocycles. The summed E-state index contributed by atoms with van der Waals surface area (Å²) in [6.07, 6.45) is 5.30. The largest absolute Gasteiger partial charge is 0.465 e. The van der Waals surface area contributed by atoms with Gasteiger partial charge in [-0.2, -0.15) is 0 Å². The van der Waals surface area contributed by atoms with E-state index in [1.54, 1.807) is 18.3 Å². The van der Waals surface area contributed by atoms with Crippen molar-refractivity contribution < 1.29 is 23.9 Å². The summed E-state index contributed by atoms with van der Waals surface area (Å²) in [6, 6.07) is 25.9. The molecule has 48 heavy (non-hydrogen) atoms. The lowest BCUT2D eigenvalue weighted by Gasteiger charge is -2.22. The van der Waals surface area contributed by atoms with Gasteiger partial charge in [-0.3, -0.25) is 14.4 Å². The van der Waals surface area contributed by atoms with Crippen LogP contribution in [0.4, 0.5) is 0 Å². The zero-order chi connectivity index (χ0) is 34.3. The van der Waals surface area contributed by atoms with Gasteiger partial charge in [-0.05, 0) is 48.1 Å². The fraction of sp³-hybridized carbons (Fsp3) is 0.342. The summed E-state index contributed by atoms with van der Waals surface area (Å²) in [5, 5.41) is 6.25. The van der Waals surface area contributed by atoms with Crippen LogP contribution >= 0.6 is 11.8 Å². The van der Waals surface area contributed by atoms with Gasteiger partial charge in [0.1, 0.15) is 11.5 Å². The second kappa shape index (κ2) is 18.6. The predicted octanol–water partition coefficient (Wildman–Crippen LogP) is 5.80. The van der Waals surface area contributed by atoms with Gasteiger partial charge in [0.15, 0.2) is 5.12 Å². The van der Waals surface area contributed by atoms with Crippen LogP contribution < -0.4 is 10.6 Å². The lowest BCUT2D eigenvalue weighted by atomic mass is 10.0. The summed E-state index contributed by atoms with van der Waals surface area (Å²) in [6.45, 7) is 4.02. The van der Waals surface area contributed by atoms with E-state index in [1.807, 2.05) is 77.4 Å². The standard InChI is InChI=1S/C38H44N4O5S/c1-4-5-16-35-39-24-34(42(35)25-30-17-19-31(20-18-30)38(46)47-3)37(45)41-32(21-28-12-8-6-9-13-28)23-36(44)40-33(26-48-27(2)43)22-29-14-10-7-11-15-29/h6-15,17-20,24,32-33H,4-5,16,21-23,25-26H2,1-3H3,(H,40,44)(H,41,45)/t32-,33+/m1/s1. The first-order valence-electron chi connectivity index (χ1n) is 16.3. The number of aromatic nitrogens is 2. The van der Waals surface area contributed by atoms with Gasteiger partial charge in [0, 0.05) is 44.1 Å². The summed E-state index contributed by atoms with van der Waals surface area (Å²) in [7, 11) is 1.35. The number of esters is 1. The van der Waals surface area contributed by atoms with Gasteiger partial charge in [0.25, 0.3) is 5.91 Å². The van der Waals surface area contributed by atoms with Crippen LogP contribution in [-0.4, -0.2) is 57.4 Å². The highest BCUT2D eigenvalue weighted by atomic mass is 32.2. The van der Waals surface area contributed by atoms with E-state index < -0.39 is 12.0 Å². The molecule has 0 saturated carbocycles. The van der Waals surface area contributed by atoms with Crippen LogP contribution in [0, 0.1) is 0 Å². The maximum Gasteiger partial charge on any atom is 0.337 e. The summed E-state index contributed by atoms with van der Waals surface area (Å²) in [4.78, 5) is 55.8. The molecule has 0 aliphatic rings. The van der Waals surface area contributed by atoms with Crippen molar-refractivity contribution in [2.45, 2.75) is 71.0 Å². The third kappa shape index (κ3) is 11.2. The SMILES string of the molecule is CCCCc1ncc(C(=O)N[C@@H](CC(=O)N[C@H](CSC(C)=O)Cc2ccccc2)Cc2ccccc2)n1Cc1ccc(C(=O)OC)cc1. The van der Waals surface area contributed by atoms with Gasteiger partial charge in [-0.1, -0.05) is 97.9 Å². The van der Waals surface area contributed by atoms with Gasteiger partial charge in [0.2, 0.25) is 5.91 Å². The number of carbonyl (C=O) groups is 4. The van der Waals surface area contributed by atoms with Crippen molar-refractivity contribution in [2.24, 2.45) is 0 Å². The monoisotopic (exact) mass is 668 g/mol. The summed E-state index contributed by atoms with van der Waals surface area (Å²) >= 11 is 1.19. The highest BCUT2D eigenvalue weighted by molar-refractivity contribution is 8.13. The first kappa shape index (κ1) is 36.1. The summed E-state index contributed by atoms with van der Waals surface area (Å²) in [5.74, 6) is 0.308. The number of amides is 2. The average molecular weight is 669 g/mol. The van der Waals surface area contributed by atoms with Crippen molar-refractivity contribution >= 4 is 34.7 Å². The van der Waals surface area contributed by atoms with Crippen molar-refractivity contribution in [3.8, 4) is 0 Å². The molecule has 4 rings (SSSR count). The lowest BCUT2D eigenvalue weighted by Crippen LogP contribution is -2.44. The Labute approximate surface area is 286 Å². The molecule has 252 valence electrons. The van der Waals surface area contributed by atoms with E-state index in [9.17, 15) is 19.2 Å². The number of nitrogens with zero attached hydrogens (tertiary/aromatic N) is 2. The van der Waals surface area contributed by atoms with Crippen molar-refractivity contribution in [3.05, 3.63) is 125 Å². The van der Waals surface area contributed by atoms with Crippen LogP contribution in [0.15, 0.2) is 91.1 Å². The minimum Gasteiger partial charge on any atom is -0.465 e. The Morgan fingerprint density at radius 1 is 0.833 bits per heavy atom. The molecule has 1 heterocycles. The van der Waals surface area contributed by atoms with E-state index in [0.717, 1.165) is 35.4 Å². The predicted molar refractivity (Wildman–Crippen MR) is 189 cm³/mol. The number of imidazole rings is 1. The zero-order valence-corrected chi connectivity index (χ0v) is 28.6. The maximum atomic E-state index is 13.9. The highest BCUT2D eigenvalue weighted by Crippen LogP contribution is 2.16. The van der Waals surface area contributed by atoms with Crippen molar-refractivity contribution in [2.75, 3.05) is 12.9 Å². The number of rotatable bonds is 17. The number of ether oxygens (including phenoxy) is 1. The van der Waals surface area contributed by atoms with E-state index >= 15 is 0 Å². The molecular weight excluding hydrogens is 625 g/mol. The van der Waals surface area contributed by atoms with E-state index in [-0.39, 0.29) is 29.4 Å². The van der Waals surface area contributed by atoms with Crippen LogP contribution in [0.2, 0.25) is 0 Å². The quantitative estimate of drug-likeness (QED) is 0.137. The fourth-order valence-electron chi connectivity index (χ4n) is 5.46. The van der Waals surface area contributed by atoms with Crippen LogP contribution in [0.3, 0.4) is 0 Å². The minimum absolute atomic E-state index is 0.00847. The second-order valence-electron chi connectivity index (χ2n) is 11.8. The van der Waals surface area contributed by atoms with E-state index in [4.69, 9.17) is 4.74 Å². The average Bonchev–Trinajstić information content (AvgIpc) is 3.49. The minimum atomic E-state index is -0.500. The number of carbonyl (C=O) groups excluding carboxylic acids is 4. The Morgan fingerprint density at radius 3 is 2.04 bits per heavy atom. The van der Waals surface area contributed by atoms with E-state index in [1.165, 1.54) is 25.8 Å². The Bertz CT molecular complexity index is 1640. The van der Waals surface area contributed by atoms with Crippen LogP contribution in [0.5, 0.6) is 0 Å². The van der Waals surface area contributed by atoms with Crippen molar-refractivity contribution in [1.82, 2.24) is 20.2 Å². The molecule has 0 saturated heterocycles. The molecule has 2 atom stereocenters. The van der Waals surface area contributed by atoms with Crippen LogP contribution in [-0.2, 0) is 40.1 Å². The van der Waals surface area contributed by atoms with E-state index in [0.29, 0.717) is 42.8 Å². The molecule has 0 spiro atoms. The Morgan fingerprint density at radius 2 is 1.46 bits per heavy atom. The highest BCUT2D eigenvalue weighted by Gasteiger charge is 2.24. The van der Waals surface area contributed by atoms with Gasteiger partial charge in [-0.25, -0.2) is 9.78 Å². The molecule has 0 radical (unpaired) electrons. The Balaban J connectivity index is 1.54. The smallest absolute Gasteiger partial charge is 0.337 e. The van der Waals surface area contributed by atoms with Crippen molar-refractivity contribution in [3.63, 3.8) is 0 Å². The number of benzene rings is 3. The number of unbranched alkanes of at least 4 members (excludes halogenated alkanes) is 1. The van der Waals surface area contributed by atoms with Gasteiger partial charge in [0.05, 0.1) is 18.9 Å². The molecule has 0 unspecified atom stereocenters. The number of nitrogens with one attached hydrogen (secondary N) is 2. The van der Waals surface area contributed by atoms with Crippen LogP contribution in [0.1, 0.15) is 76.5 Å². The first-order chi connectivity index (χ1) is 23.2. The Kier molecular flexibility index (Phi) is 14.0. The topological polar surface area (TPSA) is 119 Å². The number of thioether (sulfide) groups is 1. The molecule has 0 bridgehead atoms. The summed E-state index contributed by atoms with van der Waals surface area (Å²) < 4.78 is 6.73. The molecule has 2 N–H and O–H groups in total. The van der Waals surface area contributed by atoms with Gasteiger partial charge < -0.3 is 19.9 Å². The third-order valence-electron chi connectivity index (χ3n) is 7.91. The maximum absolute atomic E-state index is 13.9. The Hall–Kier alpha value is -4.70. The van der Waals surface area contributed by atoms with Gasteiger partial charge in [-0.15, -0.1) is 0 Å². The third-order valence-corrected chi connectivity index (χ3v) is 8.89. The second-order valence-corrected chi connectivity index (χ2v) is 13.0. The van der Waals surface area contributed by atoms with Crippen LogP contribution in [0.25, 0.3) is 0 Å². The number of methoxy groups -OCH3 is 1. The normalized spacial score (nSPS) is 12.1. The molecule has 4 aromatic rings. The number of aryl methyl sites for hydroxylation is 1.